The third kappa shape index (κ3) is 5.42. The number of hydrogen-bond acceptors (Lipinski definition) is 5. The van der Waals surface area contributed by atoms with Crippen LogP contribution in [-0.4, -0.2) is 51.9 Å². The summed E-state index contributed by atoms with van der Waals surface area (Å²) in [5.41, 5.74) is -1.58. The van der Waals surface area contributed by atoms with Gasteiger partial charge in [-0.3, -0.25) is 10.1 Å². The van der Waals surface area contributed by atoms with Crippen LogP contribution in [0.25, 0.3) is 0 Å². The number of hydrogen-bond donors (Lipinski definition) is 1. The minimum atomic E-state index is -1.04. The number of amides is 1. The van der Waals surface area contributed by atoms with E-state index in [-0.39, 0.29) is 13.0 Å². The lowest BCUT2D eigenvalue weighted by Crippen LogP contribution is -2.48. The second kappa shape index (κ2) is 5.73. The molecule has 0 bridgehead atoms. The minimum absolute atomic E-state index is 0.127. The molecule has 19 heavy (non-hydrogen) atoms. The van der Waals surface area contributed by atoms with Gasteiger partial charge >= 0.3 is 6.09 Å². The maximum Gasteiger partial charge on any atom is 0.410 e. The van der Waals surface area contributed by atoms with E-state index in [4.69, 9.17) is 4.74 Å². The van der Waals surface area contributed by atoms with E-state index in [0.29, 0.717) is 25.9 Å². The average molecular weight is 274 g/mol. The fraction of sp³-hybridized carbons (Fsp3) is 0.917. The molecule has 0 spiro atoms. The van der Waals surface area contributed by atoms with Gasteiger partial charge in [-0.25, -0.2) is 4.79 Å². The minimum Gasteiger partial charge on any atom is -0.444 e. The van der Waals surface area contributed by atoms with Crippen molar-refractivity contribution in [3.8, 4) is 0 Å². The molecule has 110 valence electrons. The van der Waals surface area contributed by atoms with Crippen molar-refractivity contribution in [3.63, 3.8) is 0 Å². The Morgan fingerprint density at radius 2 is 1.95 bits per heavy atom. The maximum absolute atomic E-state index is 11.8. The van der Waals surface area contributed by atoms with E-state index in [1.807, 2.05) is 0 Å². The van der Waals surface area contributed by atoms with E-state index in [1.54, 1.807) is 20.8 Å². The van der Waals surface area contributed by atoms with Gasteiger partial charge in [-0.05, 0) is 33.6 Å². The molecule has 0 unspecified atom stereocenters. The molecule has 0 aromatic carbocycles. The van der Waals surface area contributed by atoms with Crippen molar-refractivity contribution in [2.45, 2.75) is 51.2 Å². The molecular formula is C12H22N2O5. The van der Waals surface area contributed by atoms with Crippen molar-refractivity contribution < 1.29 is 19.6 Å². The molecule has 7 nitrogen and oxygen atoms in total. The molecule has 0 atom stereocenters. The van der Waals surface area contributed by atoms with Gasteiger partial charge in [-0.15, -0.1) is 0 Å². The molecule has 1 N–H and O–H groups in total. The lowest BCUT2D eigenvalue weighted by molar-refractivity contribution is -0.483. The van der Waals surface area contributed by atoms with Crippen molar-refractivity contribution in [1.82, 2.24) is 4.90 Å². The summed E-state index contributed by atoms with van der Waals surface area (Å²) in [6, 6.07) is 0. The second-order valence-electron chi connectivity index (χ2n) is 6.00. The Balaban J connectivity index is 2.44. The van der Waals surface area contributed by atoms with E-state index >= 15 is 0 Å². The summed E-state index contributed by atoms with van der Waals surface area (Å²) < 4.78 is 5.24. The first kappa shape index (κ1) is 15.7. The molecule has 0 saturated carbocycles. The highest BCUT2D eigenvalue weighted by Crippen LogP contribution is 2.26. The second-order valence-corrected chi connectivity index (χ2v) is 6.00. The fourth-order valence-corrected chi connectivity index (χ4v) is 1.98. The third-order valence-corrected chi connectivity index (χ3v) is 3.11. The molecule has 1 amide bonds. The number of nitro groups is 1. The van der Waals surface area contributed by atoms with E-state index in [1.165, 1.54) is 4.90 Å². The zero-order valence-electron chi connectivity index (χ0n) is 11.7. The van der Waals surface area contributed by atoms with Gasteiger partial charge in [0.1, 0.15) is 5.60 Å². The molecule has 0 aliphatic carbocycles. The highest BCUT2D eigenvalue weighted by Gasteiger charge is 2.36. The van der Waals surface area contributed by atoms with Crippen molar-refractivity contribution in [2.75, 3.05) is 19.6 Å². The number of likely N-dealkylation sites (tertiary alicyclic amines) is 1. The monoisotopic (exact) mass is 274 g/mol. The van der Waals surface area contributed by atoms with Gasteiger partial charge in [0.05, 0.1) is 5.60 Å². The van der Waals surface area contributed by atoms with Crippen LogP contribution < -0.4 is 0 Å². The molecule has 0 aromatic rings. The van der Waals surface area contributed by atoms with Gasteiger partial charge in [0.15, 0.2) is 0 Å². The Labute approximate surface area is 112 Å². The first-order chi connectivity index (χ1) is 8.61. The predicted octanol–water partition coefficient (Wildman–Crippen LogP) is 1.42. The lowest BCUT2D eigenvalue weighted by atomic mass is 9.88. The van der Waals surface area contributed by atoms with Crippen LogP contribution in [0.4, 0.5) is 4.79 Å². The van der Waals surface area contributed by atoms with Crippen LogP contribution in [0.15, 0.2) is 0 Å². The number of rotatable bonds is 3. The van der Waals surface area contributed by atoms with E-state index < -0.39 is 22.2 Å². The molecular weight excluding hydrogens is 252 g/mol. The Morgan fingerprint density at radius 1 is 1.42 bits per heavy atom. The zero-order valence-corrected chi connectivity index (χ0v) is 11.7. The van der Waals surface area contributed by atoms with Crippen LogP contribution >= 0.6 is 0 Å². The van der Waals surface area contributed by atoms with Crippen LogP contribution in [0, 0.1) is 10.1 Å². The Morgan fingerprint density at radius 3 is 2.37 bits per heavy atom. The summed E-state index contributed by atoms with van der Waals surface area (Å²) in [6.45, 7) is 5.86. The highest BCUT2D eigenvalue weighted by atomic mass is 16.6. The van der Waals surface area contributed by atoms with Crippen molar-refractivity contribution in [2.24, 2.45) is 0 Å². The van der Waals surface area contributed by atoms with Crippen molar-refractivity contribution in [1.29, 1.82) is 0 Å². The molecule has 1 saturated heterocycles. The summed E-state index contributed by atoms with van der Waals surface area (Å²) in [5.74, 6) is 0. The summed E-state index contributed by atoms with van der Waals surface area (Å²) in [4.78, 5) is 23.2. The molecule has 0 radical (unpaired) electrons. The van der Waals surface area contributed by atoms with Crippen LogP contribution in [0.3, 0.4) is 0 Å². The lowest BCUT2D eigenvalue weighted by Gasteiger charge is -2.37. The first-order valence-electron chi connectivity index (χ1n) is 6.43. The molecule has 0 aromatic heterocycles. The van der Waals surface area contributed by atoms with Crippen LogP contribution in [0.2, 0.25) is 0 Å². The van der Waals surface area contributed by atoms with Crippen molar-refractivity contribution in [3.05, 3.63) is 10.1 Å². The largest absolute Gasteiger partial charge is 0.444 e. The molecule has 1 rings (SSSR count). The van der Waals surface area contributed by atoms with E-state index in [9.17, 15) is 20.0 Å². The van der Waals surface area contributed by atoms with E-state index in [0.717, 1.165) is 0 Å². The fourth-order valence-electron chi connectivity index (χ4n) is 1.98. The summed E-state index contributed by atoms with van der Waals surface area (Å²) in [5, 5.41) is 20.5. The topological polar surface area (TPSA) is 92.9 Å². The van der Waals surface area contributed by atoms with Gasteiger partial charge in [0, 0.05) is 24.4 Å². The summed E-state index contributed by atoms with van der Waals surface area (Å²) >= 11 is 0. The van der Waals surface area contributed by atoms with Crippen molar-refractivity contribution >= 4 is 6.09 Å². The first-order valence-corrected chi connectivity index (χ1v) is 6.43. The zero-order chi connectivity index (χ0) is 14.7. The van der Waals surface area contributed by atoms with Gasteiger partial charge in [-0.1, -0.05) is 0 Å². The van der Waals surface area contributed by atoms with Crippen LogP contribution in [0.1, 0.15) is 40.0 Å². The van der Waals surface area contributed by atoms with Gasteiger partial charge < -0.3 is 14.7 Å². The summed E-state index contributed by atoms with van der Waals surface area (Å²) in [6.07, 6.45) is 0.423. The molecule has 1 aliphatic heterocycles. The van der Waals surface area contributed by atoms with Crippen LogP contribution in [-0.2, 0) is 4.74 Å². The Hall–Kier alpha value is -1.37. The smallest absolute Gasteiger partial charge is 0.410 e. The molecule has 1 aliphatic rings. The average Bonchev–Trinajstić information content (AvgIpc) is 2.25. The third-order valence-electron chi connectivity index (χ3n) is 3.11. The molecule has 1 fully saturated rings. The summed E-state index contributed by atoms with van der Waals surface area (Å²) in [7, 11) is 0. The standard InChI is InChI=1S/C12H22N2O5/c1-11(2,3)19-10(15)13-7-4-12(16,5-8-13)6-9-14(17)18/h16H,4-9H2,1-3H3. The van der Waals surface area contributed by atoms with Gasteiger partial charge in [0.2, 0.25) is 6.54 Å². The quantitative estimate of drug-likeness (QED) is 0.620. The molecule has 1 heterocycles. The number of nitrogens with zero attached hydrogens (tertiary/aromatic N) is 2. The Kier molecular flexibility index (Phi) is 4.73. The normalized spacial score (nSPS) is 19.1. The number of aliphatic hydroxyl groups is 1. The Bertz CT molecular complexity index is 343. The number of piperidine rings is 1. The van der Waals surface area contributed by atoms with Crippen LogP contribution in [0.5, 0.6) is 0 Å². The van der Waals surface area contributed by atoms with Gasteiger partial charge in [-0.2, -0.15) is 0 Å². The SMILES string of the molecule is CC(C)(C)OC(=O)N1CCC(O)(CC[N+](=O)[O-])CC1. The number of carbonyl (C=O) groups is 1. The predicted molar refractivity (Wildman–Crippen MR) is 68.5 cm³/mol. The maximum atomic E-state index is 11.8. The van der Waals surface area contributed by atoms with Gasteiger partial charge in [0.25, 0.3) is 0 Å². The number of carbonyl (C=O) groups excluding carboxylic acids is 1. The molecule has 7 heteroatoms. The number of ether oxygens (including phenoxy) is 1. The van der Waals surface area contributed by atoms with E-state index in [2.05, 4.69) is 0 Å². The highest BCUT2D eigenvalue weighted by molar-refractivity contribution is 5.68.